The second kappa shape index (κ2) is 9.56. The van der Waals surface area contributed by atoms with Crippen molar-refractivity contribution in [1.29, 1.82) is 0 Å². The molecule has 170 valence electrons. The normalized spacial score (nSPS) is 11.6. The fraction of sp³-hybridized carbons (Fsp3) is 0.105. The van der Waals surface area contributed by atoms with Gasteiger partial charge in [0.25, 0.3) is 26.0 Å². The van der Waals surface area contributed by atoms with Crippen LogP contribution in [0.1, 0.15) is 10.4 Å². The molecule has 0 aliphatic carbocycles. The number of hydrazine groups is 1. The Bertz CT molecular complexity index is 1320. The van der Waals surface area contributed by atoms with Gasteiger partial charge in [-0.05, 0) is 35.7 Å². The lowest BCUT2D eigenvalue weighted by molar-refractivity contribution is 0.0946. The Morgan fingerprint density at radius 1 is 0.906 bits per heavy atom. The number of benzene rings is 2. The number of rotatable bonds is 9. The van der Waals surface area contributed by atoms with Gasteiger partial charge < -0.3 is 9.47 Å². The van der Waals surface area contributed by atoms with E-state index >= 15 is 0 Å². The molecule has 0 atom stereocenters. The molecule has 3 rings (SSSR count). The van der Waals surface area contributed by atoms with Gasteiger partial charge in [-0.1, -0.05) is 18.2 Å². The molecule has 0 saturated heterocycles. The number of anilines is 1. The minimum absolute atomic E-state index is 0.0171. The van der Waals surface area contributed by atoms with E-state index in [2.05, 4.69) is 10.1 Å². The molecule has 0 fully saturated rings. The molecule has 13 heteroatoms. The number of sulfonamides is 2. The molecule has 2 aromatic carbocycles. The maximum atomic E-state index is 12.7. The van der Waals surface area contributed by atoms with Crippen molar-refractivity contribution in [1.82, 2.24) is 10.3 Å². The lowest BCUT2D eigenvalue weighted by atomic mass is 10.2. The van der Waals surface area contributed by atoms with Crippen LogP contribution in [-0.4, -0.2) is 37.0 Å². The van der Waals surface area contributed by atoms with Gasteiger partial charge in [0.2, 0.25) is 0 Å². The van der Waals surface area contributed by atoms with Crippen LogP contribution >= 0.6 is 11.3 Å². The van der Waals surface area contributed by atoms with Gasteiger partial charge in [-0.15, -0.1) is 16.2 Å². The average Bonchev–Trinajstić information content (AvgIpc) is 3.33. The van der Waals surface area contributed by atoms with E-state index in [0.717, 1.165) is 11.3 Å². The van der Waals surface area contributed by atoms with Gasteiger partial charge in [-0.25, -0.2) is 16.8 Å². The Morgan fingerprint density at radius 3 is 2.31 bits per heavy atom. The number of thiophene rings is 1. The summed E-state index contributed by atoms with van der Waals surface area (Å²) in [5.74, 6) is -0.567. The molecule has 0 radical (unpaired) electrons. The summed E-state index contributed by atoms with van der Waals surface area (Å²) in [6, 6.07) is 12.9. The number of para-hydroxylation sites is 1. The van der Waals surface area contributed by atoms with E-state index in [1.807, 2.05) is 4.83 Å². The highest BCUT2D eigenvalue weighted by molar-refractivity contribution is 7.94. The van der Waals surface area contributed by atoms with Gasteiger partial charge in [-0.2, -0.15) is 0 Å². The fourth-order valence-electron chi connectivity index (χ4n) is 2.61. The number of nitrogens with one attached hydrogen (secondary N) is 3. The zero-order valence-corrected chi connectivity index (χ0v) is 19.3. The van der Waals surface area contributed by atoms with Gasteiger partial charge >= 0.3 is 0 Å². The number of hydrogen-bond acceptors (Lipinski definition) is 8. The van der Waals surface area contributed by atoms with Crippen molar-refractivity contribution in [2.75, 3.05) is 18.9 Å². The smallest absolute Gasteiger partial charge is 0.271 e. The van der Waals surface area contributed by atoms with E-state index in [4.69, 9.17) is 9.47 Å². The minimum atomic E-state index is -4.25. The Balaban J connectivity index is 1.82. The summed E-state index contributed by atoms with van der Waals surface area (Å²) in [6.07, 6.45) is 0. The third-order valence-corrected chi connectivity index (χ3v) is 8.17. The molecule has 0 aliphatic rings. The SMILES string of the molecule is COc1ccc(OC)c(S(=O)(=O)NNC(=O)c2ccccc2NS(=O)(=O)c2cccs2)c1. The van der Waals surface area contributed by atoms with Crippen LogP contribution in [-0.2, 0) is 20.0 Å². The molecule has 3 N–H and O–H groups in total. The number of hydrogen-bond donors (Lipinski definition) is 3. The monoisotopic (exact) mass is 497 g/mol. The van der Waals surface area contributed by atoms with E-state index < -0.39 is 26.0 Å². The van der Waals surface area contributed by atoms with Gasteiger partial charge in [0, 0.05) is 6.07 Å². The Hall–Kier alpha value is -3.13. The van der Waals surface area contributed by atoms with Crippen LogP contribution < -0.4 is 24.5 Å². The summed E-state index contributed by atoms with van der Waals surface area (Å²) >= 11 is 1.02. The maximum absolute atomic E-state index is 12.7. The molecule has 3 aromatic rings. The van der Waals surface area contributed by atoms with Crippen LogP contribution in [0.15, 0.2) is 69.1 Å². The van der Waals surface area contributed by atoms with Crippen LogP contribution in [0.25, 0.3) is 0 Å². The van der Waals surface area contributed by atoms with E-state index in [1.54, 1.807) is 11.4 Å². The predicted octanol–water partition coefficient (Wildman–Crippen LogP) is 2.19. The van der Waals surface area contributed by atoms with Crippen LogP contribution in [0.3, 0.4) is 0 Å². The second-order valence-corrected chi connectivity index (χ2v) is 10.7. The highest BCUT2D eigenvalue weighted by atomic mass is 32.2. The molecule has 0 unspecified atom stereocenters. The van der Waals surface area contributed by atoms with E-state index in [1.165, 1.54) is 62.8 Å². The maximum Gasteiger partial charge on any atom is 0.271 e. The summed E-state index contributed by atoms with van der Waals surface area (Å²) in [4.78, 5) is 14.4. The summed E-state index contributed by atoms with van der Waals surface area (Å²) < 4.78 is 62.9. The highest BCUT2D eigenvalue weighted by Crippen LogP contribution is 2.28. The van der Waals surface area contributed by atoms with Crippen molar-refractivity contribution in [3.05, 3.63) is 65.5 Å². The first kappa shape index (κ1) is 23.5. The Labute approximate surface area is 189 Å². The minimum Gasteiger partial charge on any atom is -0.497 e. The molecule has 0 spiro atoms. The molecule has 1 heterocycles. The van der Waals surface area contributed by atoms with Gasteiger partial charge in [-0.3, -0.25) is 14.9 Å². The summed E-state index contributed by atoms with van der Waals surface area (Å²) in [6.45, 7) is 0. The summed E-state index contributed by atoms with van der Waals surface area (Å²) in [5, 5.41) is 1.61. The quantitative estimate of drug-likeness (QED) is 0.385. The van der Waals surface area contributed by atoms with Crippen molar-refractivity contribution in [2.45, 2.75) is 9.10 Å². The van der Waals surface area contributed by atoms with Crippen molar-refractivity contribution >= 4 is 43.0 Å². The third kappa shape index (κ3) is 5.19. The predicted molar refractivity (Wildman–Crippen MR) is 119 cm³/mol. The molecule has 1 amide bonds. The molecule has 10 nitrogen and oxygen atoms in total. The second-order valence-electron chi connectivity index (χ2n) is 6.16. The number of amides is 1. The zero-order valence-electron chi connectivity index (χ0n) is 16.9. The molecule has 0 aliphatic heterocycles. The van der Waals surface area contributed by atoms with Crippen LogP contribution in [0.5, 0.6) is 11.5 Å². The van der Waals surface area contributed by atoms with Crippen molar-refractivity contribution in [2.24, 2.45) is 0 Å². The first-order valence-corrected chi connectivity index (χ1v) is 12.7. The largest absolute Gasteiger partial charge is 0.497 e. The fourth-order valence-corrected chi connectivity index (χ4v) is 5.71. The molecular formula is C19H19N3O7S3. The van der Waals surface area contributed by atoms with Crippen molar-refractivity contribution < 1.29 is 31.1 Å². The number of ether oxygens (including phenoxy) is 2. The van der Waals surface area contributed by atoms with E-state index in [-0.39, 0.29) is 31.9 Å². The zero-order chi connectivity index (χ0) is 23.4. The molecular weight excluding hydrogens is 478 g/mol. The number of carbonyl (C=O) groups excluding carboxylic acids is 1. The van der Waals surface area contributed by atoms with Crippen molar-refractivity contribution in [3.63, 3.8) is 0 Å². The topological polar surface area (TPSA) is 140 Å². The molecule has 0 saturated carbocycles. The van der Waals surface area contributed by atoms with E-state index in [0.29, 0.717) is 0 Å². The van der Waals surface area contributed by atoms with Gasteiger partial charge in [0.15, 0.2) is 0 Å². The first-order valence-electron chi connectivity index (χ1n) is 8.87. The van der Waals surface area contributed by atoms with Gasteiger partial charge in [0.1, 0.15) is 20.6 Å². The Kier molecular flexibility index (Phi) is 7.03. The first-order chi connectivity index (χ1) is 15.2. The van der Waals surface area contributed by atoms with Crippen LogP contribution in [0.2, 0.25) is 0 Å². The number of methoxy groups -OCH3 is 2. The lowest BCUT2D eigenvalue weighted by Crippen LogP contribution is -2.42. The number of carbonyl (C=O) groups is 1. The Morgan fingerprint density at radius 2 is 1.66 bits per heavy atom. The van der Waals surface area contributed by atoms with Crippen LogP contribution in [0.4, 0.5) is 5.69 Å². The molecule has 1 aromatic heterocycles. The average molecular weight is 498 g/mol. The standard InChI is InChI=1S/C19H19N3O7S3/c1-28-13-9-10-16(29-2)17(12-13)31(24,25)22-20-19(23)14-6-3-4-7-15(14)21-32(26,27)18-8-5-11-30-18/h3-12,21-22H,1-2H3,(H,20,23). The summed E-state index contributed by atoms with van der Waals surface area (Å²) in [5.41, 5.74) is 1.98. The lowest BCUT2D eigenvalue weighted by Gasteiger charge is -2.14. The van der Waals surface area contributed by atoms with Crippen LogP contribution in [0, 0.1) is 0 Å². The molecule has 32 heavy (non-hydrogen) atoms. The van der Waals surface area contributed by atoms with E-state index in [9.17, 15) is 21.6 Å². The third-order valence-electron chi connectivity index (χ3n) is 4.14. The molecule has 0 bridgehead atoms. The van der Waals surface area contributed by atoms with Crippen molar-refractivity contribution in [3.8, 4) is 11.5 Å². The summed E-state index contributed by atoms with van der Waals surface area (Å²) in [7, 11) is -5.48. The highest BCUT2D eigenvalue weighted by Gasteiger charge is 2.23. The van der Waals surface area contributed by atoms with Gasteiger partial charge in [0.05, 0.1) is 25.5 Å².